The van der Waals surface area contributed by atoms with E-state index < -0.39 is 0 Å². The lowest BCUT2D eigenvalue weighted by atomic mass is 10.2. The number of hydrogen-bond donors (Lipinski definition) is 3. The predicted octanol–water partition coefficient (Wildman–Crippen LogP) is 2.10. The molecule has 0 fully saturated rings. The van der Waals surface area contributed by atoms with E-state index >= 15 is 0 Å². The summed E-state index contributed by atoms with van der Waals surface area (Å²) in [5, 5.41) is 8.73. The van der Waals surface area contributed by atoms with Gasteiger partial charge in [-0.2, -0.15) is 0 Å². The molecule has 0 saturated carbocycles. The van der Waals surface area contributed by atoms with Crippen molar-refractivity contribution in [1.82, 2.24) is 19.9 Å². The average molecular weight is 284 g/mol. The van der Waals surface area contributed by atoms with Gasteiger partial charge < -0.3 is 10.7 Å². The summed E-state index contributed by atoms with van der Waals surface area (Å²) in [6, 6.07) is 6.06. The van der Waals surface area contributed by atoms with Crippen LogP contribution in [0.1, 0.15) is 11.3 Å². The molecule has 0 unspecified atom stereocenters. The highest BCUT2D eigenvalue weighted by Gasteiger charge is 2.07. The molecule has 0 bridgehead atoms. The van der Waals surface area contributed by atoms with Gasteiger partial charge in [-0.05, 0) is 36.4 Å². The third-order valence-corrected chi connectivity index (χ3v) is 3.53. The minimum absolute atomic E-state index is 0.0896. The summed E-state index contributed by atoms with van der Waals surface area (Å²) in [4.78, 5) is 16.0. The Morgan fingerprint density at radius 3 is 2.85 bits per heavy atom. The number of imidazole rings is 1. The molecule has 4 N–H and O–H groups in total. The number of nitrogens with zero attached hydrogens (tertiary/aromatic N) is 3. The van der Waals surface area contributed by atoms with Crippen molar-refractivity contribution < 1.29 is 0 Å². The molecule has 0 spiro atoms. The maximum absolute atomic E-state index is 7.27. The highest BCUT2D eigenvalue weighted by Crippen LogP contribution is 2.25. The minimum atomic E-state index is -0.0896. The number of H-pyrrole nitrogens is 1. The third-order valence-electron chi connectivity index (χ3n) is 2.72. The van der Waals surface area contributed by atoms with Crippen molar-refractivity contribution in [3.05, 3.63) is 41.9 Å². The molecule has 0 saturated heterocycles. The molecule has 0 aliphatic heterocycles. The first-order valence-corrected chi connectivity index (χ1v) is 6.74. The van der Waals surface area contributed by atoms with Gasteiger partial charge in [0.15, 0.2) is 5.16 Å². The van der Waals surface area contributed by atoms with E-state index in [1.54, 1.807) is 6.20 Å². The van der Waals surface area contributed by atoms with Gasteiger partial charge in [-0.3, -0.25) is 5.41 Å². The Bertz CT molecular complexity index is 777. The van der Waals surface area contributed by atoms with Gasteiger partial charge in [-0.1, -0.05) is 6.07 Å². The number of amidine groups is 1. The summed E-state index contributed by atoms with van der Waals surface area (Å²) in [7, 11) is 0. The molecule has 0 aliphatic carbocycles. The van der Waals surface area contributed by atoms with Gasteiger partial charge in [0, 0.05) is 0 Å². The molecule has 3 rings (SSSR count). The van der Waals surface area contributed by atoms with E-state index in [-0.39, 0.29) is 5.84 Å². The van der Waals surface area contributed by atoms with Crippen molar-refractivity contribution in [2.45, 2.75) is 17.1 Å². The zero-order valence-corrected chi connectivity index (χ0v) is 11.5. The average Bonchev–Trinajstić information content (AvgIpc) is 2.80. The van der Waals surface area contributed by atoms with E-state index in [0.29, 0.717) is 10.7 Å². The Morgan fingerprint density at radius 2 is 2.15 bits per heavy atom. The number of nitrogens with two attached hydrogens (primary N) is 1. The second kappa shape index (κ2) is 4.93. The van der Waals surface area contributed by atoms with Gasteiger partial charge >= 0.3 is 0 Å². The number of nitrogen functional groups attached to an aromatic ring is 1. The van der Waals surface area contributed by atoms with Gasteiger partial charge in [-0.25, -0.2) is 15.0 Å². The molecule has 1 aromatic carbocycles. The van der Waals surface area contributed by atoms with Gasteiger partial charge in [0.25, 0.3) is 0 Å². The molecule has 0 atom stereocenters. The van der Waals surface area contributed by atoms with Crippen LogP contribution >= 0.6 is 11.8 Å². The van der Waals surface area contributed by atoms with Crippen molar-refractivity contribution in [2.75, 3.05) is 0 Å². The molecular weight excluding hydrogens is 272 g/mol. The summed E-state index contributed by atoms with van der Waals surface area (Å²) in [5.41, 5.74) is 8.81. The molecule has 2 aromatic heterocycles. The molecule has 2 heterocycles. The first kappa shape index (κ1) is 12.6. The summed E-state index contributed by atoms with van der Waals surface area (Å²) < 4.78 is 0. The number of aryl methyl sites for hydroxylation is 1. The molecule has 0 radical (unpaired) electrons. The van der Waals surface area contributed by atoms with Crippen molar-refractivity contribution in [3.63, 3.8) is 0 Å². The minimum Gasteiger partial charge on any atom is -0.382 e. The fourth-order valence-corrected chi connectivity index (χ4v) is 2.47. The Hall–Kier alpha value is -2.41. The lowest BCUT2D eigenvalue weighted by Gasteiger charge is -1.98. The lowest BCUT2D eigenvalue weighted by molar-refractivity contribution is 1.02. The third kappa shape index (κ3) is 2.48. The number of benzene rings is 1. The molecule has 0 aliphatic rings. The zero-order valence-electron chi connectivity index (χ0n) is 10.7. The van der Waals surface area contributed by atoms with Crippen LogP contribution in [-0.2, 0) is 0 Å². The fraction of sp³-hybridized carbons (Fsp3) is 0.0769. The molecular formula is C13H12N6S. The van der Waals surface area contributed by atoms with Gasteiger partial charge in [0.2, 0.25) is 0 Å². The van der Waals surface area contributed by atoms with Gasteiger partial charge in [0.05, 0.1) is 23.4 Å². The van der Waals surface area contributed by atoms with Crippen LogP contribution in [0.5, 0.6) is 0 Å². The monoisotopic (exact) mass is 284 g/mol. The topological polar surface area (TPSA) is 104 Å². The highest BCUT2D eigenvalue weighted by molar-refractivity contribution is 7.99. The van der Waals surface area contributed by atoms with Crippen LogP contribution in [-0.4, -0.2) is 25.8 Å². The molecule has 100 valence electrons. The van der Waals surface area contributed by atoms with E-state index in [0.717, 1.165) is 16.2 Å². The van der Waals surface area contributed by atoms with E-state index in [2.05, 4.69) is 26.0 Å². The summed E-state index contributed by atoms with van der Waals surface area (Å²) >= 11 is 1.39. The van der Waals surface area contributed by atoms with E-state index in [1.807, 2.05) is 19.1 Å². The first-order valence-electron chi connectivity index (χ1n) is 5.92. The lowest BCUT2D eigenvalue weighted by Crippen LogP contribution is -2.13. The summed E-state index contributed by atoms with van der Waals surface area (Å²) in [5.74, 6) is -0.0896. The number of rotatable bonds is 3. The van der Waals surface area contributed by atoms with Gasteiger partial charge in [0.1, 0.15) is 16.6 Å². The SMILES string of the molecule is Cc1ccc2nc(Sc3cnc(C(=N)N)cn3)[nH]c2c1. The Labute approximate surface area is 119 Å². The van der Waals surface area contributed by atoms with Crippen LogP contribution in [0, 0.1) is 12.3 Å². The molecule has 6 nitrogen and oxygen atoms in total. The normalized spacial score (nSPS) is 10.8. The smallest absolute Gasteiger partial charge is 0.172 e. The Morgan fingerprint density at radius 1 is 1.30 bits per heavy atom. The fourth-order valence-electron chi connectivity index (χ4n) is 1.76. The van der Waals surface area contributed by atoms with Crippen LogP contribution in [0.3, 0.4) is 0 Å². The molecule has 7 heteroatoms. The van der Waals surface area contributed by atoms with E-state index in [1.165, 1.54) is 23.5 Å². The highest BCUT2D eigenvalue weighted by atomic mass is 32.2. The number of nitrogens with one attached hydrogen (secondary N) is 2. The Balaban J connectivity index is 1.87. The Kier molecular flexibility index (Phi) is 3.11. The van der Waals surface area contributed by atoms with Crippen molar-refractivity contribution in [2.24, 2.45) is 5.73 Å². The number of hydrogen-bond acceptors (Lipinski definition) is 5. The maximum Gasteiger partial charge on any atom is 0.172 e. The van der Waals surface area contributed by atoms with Crippen LogP contribution in [0.25, 0.3) is 11.0 Å². The largest absolute Gasteiger partial charge is 0.382 e. The van der Waals surface area contributed by atoms with Crippen LogP contribution < -0.4 is 5.73 Å². The van der Waals surface area contributed by atoms with Gasteiger partial charge in [-0.15, -0.1) is 0 Å². The second-order valence-corrected chi connectivity index (χ2v) is 5.33. The summed E-state index contributed by atoms with van der Waals surface area (Å²) in [6.45, 7) is 2.04. The van der Waals surface area contributed by atoms with Crippen LogP contribution in [0.15, 0.2) is 40.8 Å². The molecule has 0 amide bonds. The van der Waals surface area contributed by atoms with Crippen LogP contribution in [0.2, 0.25) is 0 Å². The van der Waals surface area contributed by atoms with E-state index in [4.69, 9.17) is 11.1 Å². The number of aromatic nitrogens is 4. The summed E-state index contributed by atoms with van der Waals surface area (Å²) in [6.07, 6.45) is 3.07. The molecule has 20 heavy (non-hydrogen) atoms. The zero-order chi connectivity index (χ0) is 14.1. The van der Waals surface area contributed by atoms with Crippen molar-refractivity contribution in [3.8, 4) is 0 Å². The first-order chi connectivity index (χ1) is 9.61. The van der Waals surface area contributed by atoms with E-state index in [9.17, 15) is 0 Å². The molecule has 3 aromatic rings. The standard InChI is InChI=1S/C13H12N6S/c1-7-2-3-8-9(4-7)19-13(18-8)20-11-6-16-10(5-17-11)12(14)15/h2-6H,1H3,(H3,14,15)(H,18,19). The predicted molar refractivity (Wildman–Crippen MR) is 78.0 cm³/mol. The quantitative estimate of drug-likeness (QED) is 0.504. The number of fused-ring (bicyclic) bond motifs is 1. The maximum atomic E-state index is 7.27. The van der Waals surface area contributed by atoms with Crippen molar-refractivity contribution in [1.29, 1.82) is 5.41 Å². The second-order valence-electron chi connectivity index (χ2n) is 4.32. The van der Waals surface area contributed by atoms with Crippen LogP contribution in [0.4, 0.5) is 0 Å². The number of aromatic amines is 1. The van der Waals surface area contributed by atoms with Crippen molar-refractivity contribution >= 4 is 28.6 Å².